The molecule has 190 valence electrons. The SMILES string of the molecule is CCc1ncc(C(CNC(=O)c2cccc3nc(NCC4CC4)ccc23)N2CCC(F)(F)CC2)cn1. The third kappa shape index (κ3) is 5.78. The molecule has 36 heavy (non-hydrogen) atoms. The number of halogens is 2. The number of nitrogens with one attached hydrogen (secondary N) is 2. The summed E-state index contributed by atoms with van der Waals surface area (Å²) in [7, 11) is 0. The Hall–Kier alpha value is -3.20. The summed E-state index contributed by atoms with van der Waals surface area (Å²) >= 11 is 0. The molecule has 5 rings (SSSR count). The van der Waals surface area contributed by atoms with E-state index in [-0.39, 0.29) is 44.4 Å². The highest BCUT2D eigenvalue weighted by Gasteiger charge is 2.37. The van der Waals surface area contributed by atoms with Gasteiger partial charge in [0.05, 0.1) is 11.6 Å². The highest BCUT2D eigenvalue weighted by molar-refractivity contribution is 6.06. The van der Waals surface area contributed by atoms with Crippen LogP contribution in [0.3, 0.4) is 0 Å². The molecule has 1 aliphatic carbocycles. The molecule has 2 fully saturated rings. The topological polar surface area (TPSA) is 83.0 Å². The van der Waals surface area contributed by atoms with E-state index in [0.29, 0.717) is 12.0 Å². The molecule has 7 nitrogen and oxygen atoms in total. The zero-order chi connectivity index (χ0) is 25.1. The molecule has 3 aromatic rings. The normalized spacial score (nSPS) is 18.6. The molecule has 1 atom stereocenters. The number of amides is 1. The smallest absolute Gasteiger partial charge is 0.252 e. The van der Waals surface area contributed by atoms with Crippen LogP contribution in [0, 0.1) is 5.92 Å². The third-order valence-electron chi connectivity index (χ3n) is 7.10. The highest BCUT2D eigenvalue weighted by Crippen LogP contribution is 2.32. The van der Waals surface area contributed by atoms with Gasteiger partial charge in [0.1, 0.15) is 11.6 Å². The van der Waals surface area contributed by atoms with Crippen LogP contribution < -0.4 is 10.6 Å². The number of benzene rings is 1. The Morgan fingerprint density at radius 2 is 1.89 bits per heavy atom. The van der Waals surface area contributed by atoms with Crippen LogP contribution in [0.5, 0.6) is 0 Å². The van der Waals surface area contributed by atoms with Gasteiger partial charge >= 0.3 is 0 Å². The van der Waals surface area contributed by atoms with Crippen molar-refractivity contribution in [2.75, 3.05) is 31.5 Å². The van der Waals surface area contributed by atoms with Crippen LogP contribution in [0.2, 0.25) is 0 Å². The van der Waals surface area contributed by atoms with Gasteiger partial charge in [0.25, 0.3) is 11.8 Å². The number of hydrogen-bond donors (Lipinski definition) is 2. The maximum absolute atomic E-state index is 13.8. The fraction of sp³-hybridized carbons (Fsp3) is 0.481. The molecule has 1 saturated carbocycles. The lowest BCUT2D eigenvalue weighted by Gasteiger charge is -2.37. The minimum absolute atomic E-state index is 0.197. The van der Waals surface area contributed by atoms with Crippen molar-refractivity contribution >= 4 is 22.6 Å². The van der Waals surface area contributed by atoms with E-state index in [1.807, 2.05) is 36.1 Å². The number of anilines is 1. The van der Waals surface area contributed by atoms with Crippen LogP contribution in [-0.4, -0.2) is 57.9 Å². The van der Waals surface area contributed by atoms with Gasteiger partial charge in [-0.2, -0.15) is 0 Å². The molecule has 1 aliphatic heterocycles. The summed E-state index contributed by atoms with van der Waals surface area (Å²) in [5.41, 5.74) is 2.10. The number of rotatable bonds is 9. The van der Waals surface area contributed by atoms with Crippen molar-refractivity contribution < 1.29 is 13.6 Å². The van der Waals surface area contributed by atoms with E-state index in [9.17, 15) is 13.6 Å². The largest absolute Gasteiger partial charge is 0.370 e. The zero-order valence-corrected chi connectivity index (χ0v) is 20.5. The zero-order valence-electron chi connectivity index (χ0n) is 20.5. The number of nitrogens with zero attached hydrogens (tertiary/aromatic N) is 4. The number of carbonyl (C=O) groups excluding carboxylic acids is 1. The molecule has 1 saturated heterocycles. The molecule has 3 heterocycles. The molecule has 9 heteroatoms. The standard InChI is InChI=1S/C27H32F2N6O/c1-2-24-31-15-19(16-32-24)23(35-12-10-27(28,29)11-13-35)17-33-26(36)21-4-3-5-22-20(21)8-9-25(34-22)30-14-18-6-7-18/h3-5,8-9,15-16,18,23H,2,6-7,10-14,17H2,1H3,(H,30,34)(H,33,36). The number of fused-ring (bicyclic) bond motifs is 1. The van der Waals surface area contributed by atoms with E-state index in [1.165, 1.54) is 12.8 Å². The Bertz CT molecular complexity index is 1200. The van der Waals surface area contributed by atoms with Crippen molar-refractivity contribution in [3.05, 3.63) is 59.7 Å². The Morgan fingerprint density at radius 1 is 1.14 bits per heavy atom. The number of aryl methyl sites for hydroxylation is 1. The van der Waals surface area contributed by atoms with E-state index in [2.05, 4.69) is 25.6 Å². The second-order valence-electron chi connectivity index (χ2n) is 9.80. The summed E-state index contributed by atoms with van der Waals surface area (Å²) in [5, 5.41) is 7.18. The van der Waals surface area contributed by atoms with E-state index in [1.54, 1.807) is 18.5 Å². The average Bonchev–Trinajstić information content (AvgIpc) is 3.72. The number of alkyl halides is 2. The van der Waals surface area contributed by atoms with Crippen molar-refractivity contribution in [2.45, 2.75) is 51.0 Å². The molecular weight excluding hydrogens is 462 g/mol. The van der Waals surface area contributed by atoms with Crippen molar-refractivity contribution in [3.8, 4) is 0 Å². The summed E-state index contributed by atoms with van der Waals surface area (Å²) in [6, 6.07) is 9.06. The first kappa shape index (κ1) is 24.5. The van der Waals surface area contributed by atoms with Crippen molar-refractivity contribution in [1.29, 1.82) is 0 Å². The second kappa shape index (κ2) is 10.4. The number of hydrogen-bond acceptors (Lipinski definition) is 6. The molecule has 2 aromatic heterocycles. The van der Waals surface area contributed by atoms with Gasteiger partial charge in [0.2, 0.25) is 0 Å². The van der Waals surface area contributed by atoms with Gasteiger partial charge in [-0.05, 0) is 43.0 Å². The van der Waals surface area contributed by atoms with Gasteiger partial charge in [-0.1, -0.05) is 13.0 Å². The molecule has 0 radical (unpaired) electrons. The third-order valence-corrected chi connectivity index (χ3v) is 7.10. The first-order valence-corrected chi connectivity index (χ1v) is 12.8. The minimum atomic E-state index is -2.64. The number of carbonyl (C=O) groups is 1. The van der Waals surface area contributed by atoms with Gasteiger partial charge in [-0.25, -0.2) is 23.7 Å². The predicted octanol–water partition coefficient (Wildman–Crippen LogP) is 4.61. The van der Waals surface area contributed by atoms with Crippen molar-refractivity contribution in [3.63, 3.8) is 0 Å². The summed E-state index contributed by atoms with van der Waals surface area (Å²) in [4.78, 5) is 28.7. The molecule has 1 unspecified atom stereocenters. The average molecular weight is 495 g/mol. The van der Waals surface area contributed by atoms with Crippen molar-refractivity contribution in [1.82, 2.24) is 25.2 Å². The lowest BCUT2D eigenvalue weighted by atomic mass is 10.0. The summed E-state index contributed by atoms with van der Waals surface area (Å²) in [6.45, 7) is 3.66. The van der Waals surface area contributed by atoms with Crippen LogP contribution in [0.4, 0.5) is 14.6 Å². The number of pyridine rings is 1. The Kier molecular flexibility index (Phi) is 7.09. The quantitative estimate of drug-likeness (QED) is 0.452. The molecule has 0 spiro atoms. The molecule has 0 bridgehead atoms. The molecule has 1 aromatic carbocycles. The number of piperidine rings is 1. The summed E-state index contributed by atoms with van der Waals surface area (Å²) < 4.78 is 27.6. The van der Waals surface area contributed by atoms with Crippen LogP contribution in [-0.2, 0) is 6.42 Å². The first-order chi connectivity index (χ1) is 17.4. The van der Waals surface area contributed by atoms with Crippen molar-refractivity contribution in [2.24, 2.45) is 5.92 Å². The van der Waals surface area contributed by atoms with E-state index < -0.39 is 5.92 Å². The monoisotopic (exact) mass is 494 g/mol. The summed E-state index contributed by atoms with van der Waals surface area (Å²) in [5.74, 6) is -0.595. The van der Waals surface area contributed by atoms with Gasteiger partial charge in [-0.3, -0.25) is 9.69 Å². The van der Waals surface area contributed by atoms with Gasteiger partial charge in [0, 0.05) is 74.3 Å². The molecular formula is C27H32F2N6O. The van der Waals surface area contributed by atoms with E-state index in [0.717, 1.165) is 40.6 Å². The predicted molar refractivity (Wildman–Crippen MR) is 135 cm³/mol. The van der Waals surface area contributed by atoms with Gasteiger partial charge in [0.15, 0.2) is 0 Å². The second-order valence-corrected chi connectivity index (χ2v) is 9.80. The Labute approximate surface area is 209 Å². The van der Waals surface area contributed by atoms with E-state index >= 15 is 0 Å². The fourth-order valence-electron chi connectivity index (χ4n) is 4.65. The molecule has 2 N–H and O–H groups in total. The van der Waals surface area contributed by atoms with E-state index in [4.69, 9.17) is 0 Å². The van der Waals surface area contributed by atoms with Crippen LogP contribution >= 0.6 is 0 Å². The molecule has 1 amide bonds. The maximum atomic E-state index is 13.8. The summed E-state index contributed by atoms with van der Waals surface area (Å²) in [6.07, 6.45) is 6.33. The number of likely N-dealkylation sites (tertiary alicyclic amines) is 1. The Morgan fingerprint density at radius 3 is 2.58 bits per heavy atom. The fourth-order valence-corrected chi connectivity index (χ4v) is 4.65. The highest BCUT2D eigenvalue weighted by atomic mass is 19.3. The van der Waals surface area contributed by atoms with Crippen LogP contribution in [0.15, 0.2) is 42.7 Å². The first-order valence-electron chi connectivity index (χ1n) is 12.8. The Balaban J connectivity index is 1.32. The van der Waals surface area contributed by atoms with Crippen LogP contribution in [0.25, 0.3) is 10.9 Å². The lowest BCUT2D eigenvalue weighted by molar-refractivity contribution is -0.0632. The lowest BCUT2D eigenvalue weighted by Crippen LogP contribution is -2.45. The van der Waals surface area contributed by atoms with Crippen LogP contribution in [0.1, 0.15) is 60.4 Å². The minimum Gasteiger partial charge on any atom is -0.370 e. The number of aromatic nitrogens is 3. The molecule has 2 aliphatic rings. The van der Waals surface area contributed by atoms with Gasteiger partial charge < -0.3 is 10.6 Å². The maximum Gasteiger partial charge on any atom is 0.252 e. The van der Waals surface area contributed by atoms with Gasteiger partial charge in [-0.15, -0.1) is 0 Å².